The van der Waals surface area contributed by atoms with E-state index in [1.54, 1.807) is 5.57 Å². The van der Waals surface area contributed by atoms with Crippen LogP contribution in [0.1, 0.15) is 49.3 Å². The van der Waals surface area contributed by atoms with Crippen LogP contribution in [0.15, 0.2) is 95.7 Å². The summed E-state index contributed by atoms with van der Waals surface area (Å²) in [5, 5.41) is 0. The van der Waals surface area contributed by atoms with Crippen LogP contribution in [0, 0.1) is 5.92 Å². The number of benzene rings is 2. The first-order valence-electron chi connectivity index (χ1n) is 10.3. The molecular weight excluding hydrogens is 338 g/mol. The molecule has 0 aromatic heterocycles. The van der Waals surface area contributed by atoms with E-state index in [9.17, 15) is 0 Å². The topological polar surface area (TPSA) is 26.0 Å². The molecule has 0 radical (unpaired) electrons. The molecule has 1 heteroatoms. The van der Waals surface area contributed by atoms with Crippen LogP contribution in [0.5, 0.6) is 0 Å². The zero-order valence-electron chi connectivity index (χ0n) is 16.7. The van der Waals surface area contributed by atoms with Crippen LogP contribution >= 0.6 is 0 Å². The van der Waals surface area contributed by atoms with E-state index in [1.165, 1.54) is 27.8 Å². The molecule has 3 aliphatic carbocycles. The number of hydrogen-bond donors (Lipinski definition) is 1. The Balaban J connectivity index is 1.59. The largest absolute Gasteiger partial charge is 0.398 e. The third-order valence-electron chi connectivity index (χ3n) is 6.81. The SMILES string of the molecule is CC1(C)C2=C(C3C=CC(N)=C(c4ccccc4)C3)C=CCC2c2ccccc21. The number of rotatable bonds is 2. The lowest BCUT2D eigenvalue weighted by Gasteiger charge is -2.33. The van der Waals surface area contributed by atoms with Gasteiger partial charge in [-0.3, -0.25) is 0 Å². The highest BCUT2D eigenvalue weighted by Crippen LogP contribution is 2.56. The summed E-state index contributed by atoms with van der Waals surface area (Å²) in [5.41, 5.74) is 16.0. The van der Waals surface area contributed by atoms with Crippen LogP contribution < -0.4 is 5.73 Å². The summed E-state index contributed by atoms with van der Waals surface area (Å²) < 4.78 is 0. The van der Waals surface area contributed by atoms with Gasteiger partial charge < -0.3 is 5.73 Å². The highest BCUT2D eigenvalue weighted by Gasteiger charge is 2.44. The molecule has 2 unspecified atom stereocenters. The summed E-state index contributed by atoms with van der Waals surface area (Å²) in [6.07, 6.45) is 11.3. The van der Waals surface area contributed by atoms with Crippen molar-refractivity contribution in [3.8, 4) is 0 Å². The van der Waals surface area contributed by atoms with Crippen LogP contribution in [0.2, 0.25) is 0 Å². The fourth-order valence-corrected chi connectivity index (χ4v) is 5.52. The van der Waals surface area contributed by atoms with Crippen molar-refractivity contribution >= 4 is 5.57 Å². The monoisotopic (exact) mass is 365 g/mol. The van der Waals surface area contributed by atoms with E-state index in [4.69, 9.17) is 5.73 Å². The average Bonchev–Trinajstić information content (AvgIpc) is 2.97. The first-order valence-corrected chi connectivity index (χ1v) is 10.3. The van der Waals surface area contributed by atoms with Crippen LogP contribution in [0.3, 0.4) is 0 Å². The molecule has 0 bridgehead atoms. The summed E-state index contributed by atoms with van der Waals surface area (Å²) in [6, 6.07) is 19.6. The molecule has 0 spiro atoms. The molecule has 2 N–H and O–H groups in total. The molecule has 5 rings (SSSR count). The molecule has 2 aromatic rings. The summed E-state index contributed by atoms with van der Waals surface area (Å²) in [6.45, 7) is 4.80. The zero-order valence-corrected chi connectivity index (χ0v) is 16.7. The van der Waals surface area contributed by atoms with E-state index in [2.05, 4.69) is 92.7 Å². The highest BCUT2D eigenvalue weighted by molar-refractivity contribution is 5.73. The van der Waals surface area contributed by atoms with Gasteiger partial charge in [-0.15, -0.1) is 0 Å². The van der Waals surface area contributed by atoms with Crippen LogP contribution in [-0.2, 0) is 5.41 Å². The van der Waals surface area contributed by atoms with E-state index in [1.807, 2.05) is 0 Å². The quantitative estimate of drug-likeness (QED) is 0.667. The lowest BCUT2D eigenvalue weighted by Crippen LogP contribution is -2.22. The maximum Gasteiger partial charge on any atom is 0.0349 e. The molecule has 2 aromatic carbocycles. The number of fused-ring (bicyclic) bond motifs is 3. The predicted molar refractivity (Wildman–Crippen MR) is 118 cm³/mol. The number of allylic oxidation sites excluding steroid dienone is 7. The smallest absolute Gasteiger partial charge is 0.0349 e. The molecule has 0 saturated carbocycles. The van der Waals surface area contributed by atoms with Crippen LogP contribution in [0.4, 0.5) is 0 Å². The third kappa shape index (κ3) is 2.53. The van der Waals surface area contributed by atoms with E-state index in [0.717, 1.165) is 18.5 Å². The lowest BCUT2D eigenvalue weighted by molar-refractivity contribution is 0.586. The van der Waals surface area contributed by atoms with Gasteiger partial charge in [0.15, 0.2) is 0 Å². The van der Waals surface area contributed by atoms with Crippen LogP contribution in [0.25, 0.3) is 5.57 Å². The van der Waals surface area contributed by atoms with Gasteiger partial charge in [0.2, 0.25) is 0 Å². The second-order valence-corrected chi connectivity index (χ2v) is 8.74. The van der Waals surface area contributed by atoms with Crippen molar-refractivity contribution < 1.29 is 0 Å². The Morgan fingerprint density at radius 3 is 2.50 bits per heavy atom. The molecular formula is C27H27N. The second-order valence-electron chi connectivity index (χ2n) is 8.74. The van der Waals surface area contributed by atoms with Crippen molar-refractivity contribution in [1.82, 2.24) is 0 Å². The molecule has 0 fully saturated rings. The zero-order chi connectivity index (χ0) is 19.3. The standard InChI is InChI=1S/C27H27N/c1-27(2)24-14-7-6-11-21(24)22-13-8-12-20(26(22)27)19-15-16-25(28)23(17-19)18-9-4-3-5-10-18/h3-12,14-16,19,22H,13,17,28H2,1-2H3. The van der Waals surface area contributed by atoms with Crippen molar-refractivity contribution in [2.45, 2.75) is 38.0 Å². The maximum absolute atomic E-state index is 6.39. The Labute approximate surface area is 168 Å². The fourth-order valence-electron chi connectivity index (χ4n) is 5.52. The number of nitrogens with two attached hydrogens (primary N) is 1. The molecule has 2 atom stereocenters. The van der Waals surface area contributed by atoms with Crippen molar-refractivity contribution in [3.63, 3.8) is 0 Å². The maximum atomic E-state index is 6.39. The van der Waals surface area contributed by atoms with E-state index in [0.29, 0.717) is 11.8 Å². The minimum absolute atomic E-state index is 0.0782. The van der Waals surface area contributed by atoms with Gasteiger partial charge in [0.05, 0.1) is 0 Å². The normalized spacial score (nSPS) is 25.1. The van der Waals surface area contributed by atoms with Gasteiger partial charge in [-0.1, -0.05) is 86.7 Å². The van der Waals surface area contributed by atoms with E-state index < -0.39 is 0 Å². The minimum Gasteiger partial charge on any atom is -0.398 e. The van der Waals surface area contributed by atoms with Gasteiger partial charge in [-0.2, -0.15) is 0 Å². The van der Waals surface area contributed by atoms with Crippen molar-refractivity contribution in [2.24, 2.45) is 11.7 Å². The first-order chi connectivity index (χ1) is 13.6. The summed E-state index contributed by atoms with van der Waals surface area (Å²) >= 11 is 0. The van der Waals surface area contributed by atoms with Gasteiger partial charge in [0.25, 0.3) is 0 Å². The van der Waals surface area contributed by atoms with Gasteiger partial charge in [-0.05, 0) is 52.3 Å². The molecule has 28 heavy (non-hydrogen) atoms. The molecule has 1 nitrogen and oxygen atoms in total. The Kier molecular flexibility index (Phi) is 3.94. The van der Waals surface area contributed by atoms with Gasteiger partial charge >= 0.3 is 0 Å². The third-order valence-corrected chi connectivity index (χ3v) is 6.81. The second kappa shape index (κ2) is 6.38. The fraction of sp³-hybridized carbons (Fsp3) is 0.259. The molecule has 0 aliphatic heterocycles. The number of hydrogen-bond acceptors (Lipinski definition) is 1. The summed E-state index contributed by atoms with van der Waals surface area (Å²) in [4.78, 5) is 0. The summed E-state index contributed by atoms with van der Waals surface area (Å²) in [5.74, 6) is 0.896. The van der Waals surface area contributed by atoms with Gasteiger partial charge in [0.1, 0.15) is 0 Å². The van der Waals surface area contributed by atoms with Crippen molar-refractivity contribution in [2.75, 3.05) is 0 Å². The Hall–Kier alpha value is -2.80. The average molecular weight is 366 g/mol. The van der Waals surface area contributed by atoms with E-state index >= 15 is 0 Å². The molecule has 140 valence electrons. The molecule has 0 amide bonds. The predicted octanol–water partition coefficient (Wildman–Crippen LogP) is 6.26. The van der Waals surface area contributed by atoms with E-state index in [-0.39, 0.29) is 5.41 Å². The minimum atomic E-state index is 0.0782. The highest BCUT2D eigenvalue weighted by atomic mass is 14.6. The Morgan fingerprint density at radius 1 is 0.929 bits per heavy atom. The molecule has 3 aliphatic rings. The van der Waals surface area contributed by atoms with Gasteiger partial charge in [-0.25, -0.2) is 0 Å². The van der Waals surface area contributed by atoms with Crippen molar-refractivity contribution in [3.05, 3.63) is 112 Å². The lowest BCUT2D eigenvalue weighted by atomic mass is 9.71. The first kappa shape index (κ1) is 17.3. The van der Waals surface area contributed by atoms with Crippen molar-refractivity contribution in [1.29, 1.82) is 0 Å². The Morgan fingerprint density at radius 2 is 1.68 bits per heavy atom. The molecule has 0 heterocycles. The Bertz CT molecular complexity index is 1050. The van der Waals surface area contributed by atoms with Crippen LogP contribution in [-0.4, -0.2) is 0 Å². The molecule has 0 saturated heterocycles. The summed E-state index contributed by atoms with van der Waals surface area (Å²) in [7, 11) is 0. The van der Waals surface area contributed by atoms with Gasteiger partial charge in [0, 0.05) is 22.9 Å².